The molecule has 6 heteroatoms. The smallest absolute Gasteiger partial charge is 0.191 e. The molecule has 2 N–H and O–H groups in total. The lowest BCUT2D eigenvalue weighted by Gasteiger charge is -2.33. The summed E-state index contributed by atoms with van der Waals surface area (Å²) in [5.41, 5.74) is 1.17. The number of benzene rings is 1. The first kappa shape index (κ1) is 20.0. The molecule has 1 fully saturated rings. The fourth-order valence-corrected chi connectivity index (χ4v) is 3.36. The van der Waals surface area contributed by atoms with Gasteiger partial charge < -0.3 is 20.3 Å². The van der Waals surface area contributed by atoms with E-state index in [1.807, 2.05) is 43.6 Å². The van der Waals surface area contributed by atoms with Crippen molar-refractivity contribution in [2.24, 2.45) is 4.99 Å². The molecule has 0 bridgehead atoms. The summed E-state index contributed by atoms with van der Waals surface area (Å²) in [6, 6.07) is 14.6. The average Bonchev–Trinajstić information content (AvgIpc) is 2.75. The van der Waals surface area contributed by atoms with Gasteiger partial charge in [0.2, 0.25) is 0 Å². The molecule has 6 nitrogen and oxygen atoms in total. The number of para-hydroxylation sites is 1. The summed E-state index contributed by atoms with van der Waals surface area (Å²) in [5, 5.41) is 6.94. The Morgan fingerprint density at radius 3 is 2.68 bits per heavy atom. The first-order valence-electron chi connectivity index (χ1n) is 10.1. The van der Waals surface area contributed by atoms with E-state index in [-0.39, 0.29) is 0 Å². The molecule has 150 valence electrons. The third-order valence-electron chi connectivity index (χ3n) is 5.00. The van der Waals surface area contributed by atoms with Crippen LogP contribution in [0.2, 0.25) is 0 Å². The fraction of sp³-hybridized carbons (Fsp3) is 0.455. The minimum Gasteiger partial charge on any atom is -0.493 e. The van der Waals surface area contributed by atoms with Crippen molar-refractivity contribution in [1.82, 2.24) is 15.6 Å². The zero-order valence-electron chi connectivity index (χ0n) is 16.9. The molecular weight excluding hydrogens is 350 g/mol. The van der Waals surface area contributed by atoms with Crippen LogP contribution in [0.15, 0.2) is 53.7 Å². The Balaban J connectivity index is 1.33. The van der Waals surface area contributed by atoms with Crippen molar-refractivity contribution in [3.05, 3.63) is 54.2 Å². The van der Waals surface area contributed by atoms with Crippen LogP contribution in [0.5, 0.6) is 5.75 Å². The Labute approximate surface area is 168 Å². The van der Waals surface area contributed by atoms with Crippen LogP contribution in [0, 0.1) is 6.92 Å². The second-order valence-electron chi connectivity index (χ2n) is 7.06. The maximum atomic E-state index is 5.84. The van der Waals surface area contributed by atoms with Crippen molar-refractivity contribution < 1.29 is 4.74 Å². The van der Waals surface area contributed by atoms with Crippen LogP contribution in [0.1, 0.15) is 24.8 Å². The second-order valence-corrected chi connectivity index (χ2v) is 7.06. The van der Waals surface area contributed by atoms with Crippen LogP contribution in [-0.4, -0.2) is 50.3 Å². The number of aromatic nitrogens is 1. The van der Waals surface area contributed by atoms with Gasteiger partial charge >= 0.3 is 0 Å². The molecule has 1 aliphatic rings. The van der Waals surface area contributed by atoms with E-state index in [9.17, 15) is 0 Å². The molecule has 28 heavy (non-hydrogen) atoms. The van der Waals surface area contributed by atoms with E-state index >= 15 is 0 Å². The number of hydrogen-bond acceptors (Lipinski definition) is 4. The normalized spacial score (nSPS) is 15.4. The molecule has 0 amide bonds. The van der Waals surface area contributed by atoms with Crippen molar-refractivity contribution in [2.45, 2.75) is 32.2 Å². The van der Waals surface area contributed by atoms with E-state index in [2.05, 4.69) is 44.6 Å². The average molecular weight is 382 g/mol. The Morgan fingerprint density at radius 1 is 1.18 bits per heavy atom. The first-order valence-corrected chi connectivity index (χ1v) is 10.1. The molecule has 0 saturated carbocycles. The van der Waals surface area contributed by atoms with Crippen molar-refractivity contribution in [2.75, 3.05) is 38.2 Å². The number of aryl methyl sites for hydroxylation is 1. The van der Waals surface area contributed by atoms with E-state index in [1.165, 1.54) is 5.56 Å². The topological polar surface area (TPSA) is 61.8 Å². The Bertz CT molecular complexity index is 742. The highest BCUT2D eigenvalue weighted by Gasteiger charge is 2.20. The lowest BCUT2D eigenvalue weighted by molar-refractivity contribution is 0.309. The van der Waals surface area contributed by atoms with Crippen LogP contribution in [0.25, 0.3) is 0 Å². The third kappa shape index (κ3) is 5.87. The minimum absolute atomic E-state index is 0.439. The van der Waals surface area contributed by atoms with Crippen molar-refractivity contribution in [3.63, 3.8) is 0 Å². The van der Waals surface area contributed by atoms with Gasteiger partial charge in [0, 0.05) is 38.9 Å². The molecule has 0 spiro atoms. The minimum atomic E-state index is 0.439. The van der Waals surface area contributed by atoms with Crippen LogP contribution in [-0.2, 0) is 0 Å². The van der Waals surface area contributed by atoms with Crippen LogP contribution in [0.3, 0.4) is 0 Å². The van der Waals surface area contributed by atoms with E-state index in [1.54, 1.807) is 0 Å². The van der Waals surface area contributed by atoms with Crippen LogP contribution < -0.4 is 20.3 Å². The lowest BCUT2D eigenvalue weighted by atomic mass is 10.1. The summed E-state index contributed by atoms with van der Waals surface area (Å²) in [6.45, 7) is 5.61. The highest BCUT2D eigenvalue weighted by molar-refractivity contribution is 5.79. The van der Waals surface area contributed by atoms with Crippen molar-refractivity contribution >= 4 is 11.8 Å². The number of nitrogens with one attached hydrogen (secondary N) is 2. The summed E-state index contributed by atoms with van der Waals surface area (Å²) >= 11 is 0. The molecule has 3 rings (SSSR count). The summed E-state index contributed by atoms with van der Waals surface area (Å²) in [6.07, 6.45) is 4.93. The summed E-state index contributed by atoms with van der Waals surface area (Å²) in [4.78, 5) is 11.1. The maximum absolute atomic E-state index is 5.84. The number of rotatable bonds is 7. The van der Waals surface area contributed by atoms with Crippen molar-refractivity contribution in [1.29, 1.82) is 0 Å². The molecule has 1 aromatic carbocycles. The van der Waals surface area contributed by atoms with Gasteiger partial charge in [0.1, 0.15) is 11.6 Å². The molecule has 1 aliphatic heterocycles. The van der Waals surface area contributed by atoms with Gasteiger partial charge in [-0.25, -0.2) is 4.98 Å². The van der Waals surface area contributed by atoms with E-state index in [0.29, 0.717) is 12.6 Å². The summed E-state index contributed by atoms with van der Waals surface area (Å²) < 4.78 is 5.84. The van der Waals surface area contributed by atoms with Gasteiger partial charge in [0.05, 0.1) is 6.61 Å². The predicted octanol–water partition coefficient (Wildman–Crippen LogP) is 2.99. The maximum Gasteiger partial charge on any atom is 0.191 e. The number of anilines is 1. The number of pyridine rings is 1. The van der Waals surface area contributed by atoms with Gasteiger partial charge in [-0.1, -0.05) is 24.3 Å². The predicted molar refractivity (Wildman–Crippen MR) is 115 cm³/mol. The number of ether oxygens (including phenoxy) is 1. The van der Waals surface area contributed by atoms with Gasteiger partial charge in [-0.2, -0.15) is 0 Å². The molecule has 2 heterocycles. The molecular formula is C22H31N5O. The molecule has 0 unspecified atom stereocenters. The zero-order valence-corrected chi connectivity index (χ0v) is 16.9. The fourth-order valence-electron chi connectivity index (χ4n) is 3.36. The largest absolute Gasteiger partial charge is 0.493 e. The zero-order chi connectivity index (χ0) is 19.6. The molecule has 1 aromatic heterocycles. The van der Waals surface area contributed by atoms with E-state index < -0.39 is 0 Å². The quantitative estimate of drug-likeness (QED) is 0.439. The number of aliphatic imine (C=N–C) groups is 1. The number of nitrogens with zero attached hydrogens (tertiary/aromatic N) is 3. The van der Waals surface area contributed by atoms with Gasteiger partial charge in [-0.15, -0.1) is 0 Å². The Kier molecular flexibility index (Phi) is 7.53. The number of hydrogen-bond donors (Lipinski definition) is 2. The van der Waals surface area contributed by atoms with E-state index in [0.717, 1.165) is 56.4 Å². The second kappa shape index (κ2) is 10.5. The molecule has 0 radical (unpaired) electrons. The van der Waals surface area contributed by atoms with Crippen molar-refractivity contribution in [3.8, 4) is 5.75 Å². The Hall–Kier alpha value is -2.76. The molecule has 2 aromatic rings. The van der Waals surface area contributed by atoms with Crippen LogP contribution in [0.4, 0.5) is 5.82 Å². The Morgan fingerprint density at radius 2 is 1.96 bits per heavy atom. The SMILES string of the molecule is CN=C(NCCCOc1ccccc1C)NC1CCN(c2ccccn2)CC1. The molecule has 1 saturated heterocycles. The molecule has 0 aliphatic carbocycles. The molecule has 0 atom stereocenters. The summed E-state index contributed by atoms with van der Waals surface area (Å²) in [7, 11) is 1.82. The standard InChI is InChI=1S/C22H31N5O/c1-18-8-3-4-9-20(18)28-17-7-14-25-22(23-2)26-19-11-15-27(16-12-19)21-10-5-6-13-24-21/h3-6,8-10,13,19H,7,11-12,14-17H2,1-2H3,(H2,23,25,26). The third-order valence-corrected chi connectivity index (χ3v) is 5.00. The van der Waals surface area contributed by atoms with Gasteiger partial charge in [-0.05, 0) is 49.9 Å². The lowest BCUT2D eigenvalue weighted by Crippen LogP contribution is -2.49. The monoisotopic (exact) mass is 381 g/mol. The van der Waals surface area contributed by atoms with Gasteiger partial charge in [0.25, 0.3) is 0 Å². The van der Waals surface area contributed by atoms with Crippen LogP contribution >= 0.6 is 0 Å². The summed E-state index contributed by atoms with van der Waals surface area (Å²) in [5.74, 6) is 2.90. The number of guanidine groups is 1. The van der Waals surface area contributed by atoms with E-state index in [4.69, 9.17) is 4.74 Å². The van der Waals surface area contributed by atoms with Gasteiger partial charge in [0.15, 0.2) is 5.96 Å². The highest BCUT2D eigenvalue weighted by atomic mass is 16.5. The first-order chi connectivity index (χ1) is 13.8. The number of piperidine rings is 1. The highest BCUT2D eigenvalue weighted by Crippen LogP contribution is 2.17. The van der Waals surface area contributed by atoms with Gasteiger partial charge in [-0.3, -0.25) is 4.99 Å².